The predicted octanol–water partition coefficient (Wildman–Crippen LogP) is 4.02. The normalized spacial score (nSPS) is 17.1. The Morgan fingerprint density at radius 1 is 1.16 bits per heavy atom. The lowest BCUT2D eigenvalue weighted by molar-refractivity contribution is 0.229. The largest absolute Gasteiger partial charge is 0.335 e. The van der Waals surface area contributed by atoms with E-state index in [1.165, 1.54) is 19.3 Å². The molecule has 3 nitrogen and oxygen atoms in total. The van der Waals surface area contributed by atoms with Crippen LogP contribution in [-0.4, -0.2) is 12.1 Å². The van der Waals surface area contributed by atoms with E-state index < -0.39 is 0 Å². The molecule has 3 heteroatoms. The monoisotopic (exact) mass is 262 g/mol. The van der Waals surface area contributed by atoms with E-state index in [1.54, 1.807) is 0 Å². The molecule has 1 atom stereocenters. The van der Waals surface area contributed by atoms with Crippen LogP contribution in [0.3, 0.4) is 0 Å². The molecule has 0 unspecified atom stereocenters. The Labute approximate surface area is 116 Å². The molecule has 0 bridgehead atoms. The lowest BCUT2D eigenvalue weighted by Gasteiger charge is -2.24. The van der Waals surface area contributed by atoms with Crippen molar-refractivity contribution in [3.05, 3.63) is 35.9 Å². The molecule has 1 aliphatic carbocycles. The van der Waals surface area contributed by atoms with E-state index in [0.29, 0.717) is 6.04 Å². The van der Waals surface area contributed by atoms with Crippen LogP contribution in [0.15, 0.2) is 30.3 Å². The molecular formula is C16H26N2O. The summed E-state index contributed by atoms with van der Waals surface area (Å²) in [7, 11) is 0. The number of carbonyl (C=O) groups is 1. The Balaban J connectivity index is 0.00000180. The fraction of sp³-hybridized carbons (Fsp3) is 0.562. The highest BCUT2D eigenvalue weighted by atomic mass is 16.2. The Morgan fingerprint density at radius 3 is 2.42 bits per heavy atom. The smallest absolute Gasteiger partial charge is 0.315 e. The third-order valence-corrected chi connectivity index (χ3v) is 3.59. The molecule has 0 spiro atoms. The summed E-state index contributed by atoms with van der Waals surface area (Å²) in [4.78, 5) is 11.9. The zero-order valence-electron chi connectivity index (χ0n) is 11.0. The van der Waals surface area contributed by atoms with Gasteiger partial charge in [-0.25, -0.2) is 4.79 Å². The molecule has 1 aromatic rings. The fourth-order valence-electron chi connectivity index (χ4n) is 2.50. The number of urea groups is 1. The predicted molar refractivity (Wildman–Crippen MR) is 80.1 cm³/mol. The van der Waals surface area contributed by atoms with Crippen molar-refractivity contribution in [3.63, 3.8) is 0 Å². The molecule has 2 amide bonds. The lowest BCUT2D eigenvalue weighted by Crippen LogP contribution is -2.43. The van der Waals surface area contributed by atoms with Crippen molar-refractivity contribution >= 4 is 6.03 Å². The average molecular weight is 262 g/mol. The number of hydrogen-bond acceptors (Lipinski definition) is 1. The second-order valence-corrected chi connectivity index (χ2v) is 5.09. The van der Waals surface area contributed by atoms with E-state index in [4.69, 9.17) is 0 Å². The first-order valence-corrected chi connectivity index (χ1v) is 6.87. The van der Waals surface area contributed by atoms with Crippen molar-refractivity contribution in [1.29, 1.82) is 0 Å². The first kappa shape index (κ1) is 15.5. The molecule has 1 fully saturated rings. The maximum absolute atomic E-state index is 11.9. The van der Waals surface area contributed by atoms with Gasteiger partial charge in [0.2, 0.25) is 0 Å². The van der Waals surface area contributed by atoms with E-state index >= 15 is 0 Å². The summed E-state index contributed by atoms with van der Waals surface area (Å²) >= 11 is 0. The van der Waals surface area contributed by atoms with Gasteiger partial charge in [-0.1, -0.05) is 57.0 Å². The zero-order valence-corrected chi connectivity index (χ0v) is 11.0. The molecule has 0 aliphatic heterocycles. The third kappa shape index (κ3) is 4.93. The quantitative estimate of drug-likeness (QED) is 0.849. The Morgan fingerprint density at radius 2 is 1.79 bits per heavy atom. The number of carbonyl (C=O) groups excluding carboxylic acids is 1. The van der Waals surface area contributed by atoms with Crippen molar-refractivity contribution in [2.75, 3.05) is 0 Å². The first-order valence-electron chi connectivity index (χ1n) is 6.87. The Bertz CT molecular complexity index is 372. The second kappa shape index (κ2) is 7.82. The second-order valence-electron chi connectivity index (χ2n) is 5.09. The Kier molecular flexibility index (Phi) is 6.40. The summed E-state index contributed by atoms with van der Waals surface area (Å²) in [6.07, 6.45) is 6.01. The van der Waals surface area contributed by atoms with Gasteiger partial charge >= 0.3 is 6.03 Å². The maximum atomic E-state index is 11.9. The molecule has 1 aliphatic rings. The van der Waals surface area contributed by atoms with Gasteiger partial charge in [-0.3, -0.25) is 0 Å². The number of hydrogen-bond donors (Lipinski definition) is 2. The fourth-order valence-corrected chi connectivity index (χ4v) is 2.50. The number of amides is 2. The van der Waals surface area contributed by atoms with Gasteiger partial charge in [0.15, 0.2) is 0 Å². The minimum absolute atomic E-state index is 0. The minimum Gasteiger partial charge on any atom is -0.335 e. The number of rotatable bonds is 3. The van der Waals surface area contributed by atoms with Crippen molar-refractivity contribution in [1.82, 2.24) is 10.6 Å². The highest BCUT2D eigenvalue weighted by Gasteiger charge is 2.16. The summed E-state index contributed by atoms with van der Waals surface area (Å²) in [5.74, 6) is 0. The molecule has 1 aromatic carbocycles. The molecular weight excluding hydrogens is 236 g/mol. The number of nitrogens with one attached hydrogen (secondary N) is 2. The standard InChI is InChI=1S/C15H22N2O.CH4/c1-12(13-8-4-2-5-9-13)16-15(18)17-14-10-6-3-7-11-14;/h2,4-5,8-9,12,14H,3,6-7,10-11H2,1H3,(H2,16,17,18);1H4/t12-;/m1./s1. The molecule has 19 heavy (non-hydrogen) atoms. The molecule has 0 heterocycles. The van der Waals surface area contributed by atoms with Crippen LogP contribution in [0, 0.1) is 0 Å². The van der Waals surface area contributed by atoms with E-state index in [9.17, 15) is 4.79 Å². The van der Waals surface area contributed by atoms with E-state index in [0.717, 1.165) is 18.4 Å². The topological polar surface area (TPSA) is 41.1 Å². The van der Waals surface area contributed by atoms with Gasteiger partial charge < -0.3 is 10.6 Å². The first-order chi connectivity index (χ1) is 8.75. The molecule has 2 N–H and O–H groups in total. The van der Waals surface area contributed by atoms with Crippen LogP contribution >= 0.6 is 0 Å². The van der Waals surface area contributed by atoms with Gasteiger partial charge in [0.25, 0.3) is 0 Å². The average Bonchev–Trinajstić information content (AvgIpc) is 2.40. The SMILES string of the molecule is C.C[C@@H](NC(=O)NC1CCCCC1)c1ccccc1. The van der Waals surface area contributed by atoms with Crippen LogP contribution in [0.2, 0.25) is 0 Å². The molecule has 0 saturated heterocycles. The van der Waals surface area contributed by atoms with Crippen molar-refractivity contribution in [2.45, 2.75) is 58.5 Å². The minimum atomic E-state index is -0.0433. The van der Waals surface area contributed by atoms with Crippen LogP contribution in [-0.2, 0) is 0 Å². The van der Waals surface area contributed by atoms with Crippen molar-refractivity contribution in [2.24, 2.45) is 0 Å². The van der Waals surface area contributed by atoms with Crippen molar-refractivity contribution < 1.29 is 4.79 Å². The Hall–Kier alpha value is -1.51. The summed E-state index contributed by atoms with van der Waals surface area (Å²) < 4.78 is 0. The summed E-state index contributed by atoms with van der Waals surface area (Å²) in [5, 5.41) is 6.06. The molecule has 1 saturated carbocycles. The van der Waals surface area contributed by atoms with Crippen LogP contribution in [0.25, 0.3) is 0 Å². The van der Waals surface area contributed by atoms with E-state index in [1.807, 2.05) is 37.3 Å². The molecule has 0 aromatic heterocycles. The maximum Gasteiger partial charge on any atom is 0.315 e. The van der Waals surface area contributed by atoms with Crippen LogP contribution in [0.1, 0.15) is 58.1 Å². The lowest BCUT2D eigenvalue weighted by atomic mass is 9.96. The number of benzene rings is 1. The van der Waals surface area contributed by atoms with Gasteiger partial charge in [0, 0.05) is 6.04 Å². The van der Waals surface area contributed by atoms with Crippen molar-refractivity contribution in [3.8, 4) is 0 Å². The van der Waals surface area contributed by atoms with Gasteiger partial charge in [-0.2, -0.15) is 0 Å². The van der Waals surface area contributed by atoms with Gasteiger partial charge in [-0.15, -0.1) is 0 Å². The summed E-state index contributed by atoms with van der Waals surface area (Å²) in [5.41, 5.74) is 1.14. The zero-order chi connectivity index (χ0) is 12.8. The third-order valence-electron chi connectivity index (χ3n) is 3.59. The highest BCUT2D eigenvalue weighted by molar-refractivity contribution is 5.74. The van der Waals surface area contributed by atoms with Crippen LogP contribution in [0.5, 0.6) is 0 Å². The van der Waals surface area contributed by atoms with E-state index in [-0.39, 0.29) is 19.5 Å². The van der Waals surface area contributed by atoms with Crippen LogP contribution < -0.4 is 10.6 Å². The summed E-state index contributed by atoms with van der Waals surface area (Å²) in [6, 6.07) is 10.4. The highest BCUT2D eigenvalue weighted by Crippen LogP contribution is 2.17. The van der Waals surface area contributed by atoms with Gasteiger partial charge in [0.1, 0.15) is 0 Å². The molecule has 2 rings (SSSR count). The molecule has 106 valence electrons. The van der Waals surface area contributed by atoms with Crippen LogP contribution in [0.4, 0.5) is 4.79 Å². The van der Waals surface area contributed by atoms with Gasteiger partial charge in [-0.05, 0) is 25.3 Å². The van der Waals surface area contributed by atoms with E-state index in [2.05, 4.69) is 10.6 Å². The summed E-state index contributed by atoms with van der Waals surface area (Å²) in [6.45, 7) is 2.01. The molecule has 0 radical (unpaired) electrons. The van der Waals surface area contributed by atoms with Gasteiger partial charge in [0.05, 0.1) is 6.04 Å².